The molecular weight excluding hydrogens is 270 g/mol. The minimum atomic E-state index is -1.35. The first-order valence-electron chi connectivity index (χ1n) is 5.47. The number of rotatable bonds is 4. The molecule has 0 fully saturated rings. The first kappa shape index (κ1) is 13.5. The summed E-state index contributed by atoms with van der Waals surface area (Å²) in [6.45, 7) is 0. The molecule has 2 aromatic rings. The SMILES string of the molecule is O=C(O)c1cc(F)c(SCc2ccccc2)c(F)c1. The fourth-order valence-electron chi connectivity index (χ4n) is 1.55. The Labute approximate surface area is 113 Å². The quantitative estimate of drug-likeness (QED) is 0.861. The Balaban J connectivity index is 2.19. The Morgan fingerprint density at radius 3 is 2.21 bits per heavy atom. The number of thioether (sulfide) groups is 1. The fraction of sp³-hybridized carbons (Fsp3) is 0.0714. The van der Waals surface area contributed by atoms with Crippen LogP contribution in [0.3, 0.4) is 0 Å². The standard InChI is InChI=1S/C14H10F2O2S/c15-11-6-10(14(17)18)7-12(16)13(11)19-8-9-4-2-1-3-5-9/h1-7H,8H2,(H,17,18). The van der Waals surface area contributed by atoms with Gasteiger partial charge in [-0.2, -0.15) is 0 Å². The molecule has 5 heteroatoms. The van der Waals surface area contributed by atoms with Crippen LogP contribution in [0.15, 0.2) is 47.4 Å². The zero-order valence-corrected chi connectivity index (χ0v) is 10.6. The van der Waals surface area contributed by atoms with Gasteiger partial charge < -0.3 is 5.11 Å². The smallest absolute Gasteiger partial charge is 0.335 e. The van der Waals surface area contributed by atoms with Crippen LogP contribution in [0.25, 0.3) is 0 Å². The second-order valence-corrected chi connectivity index (χ2v) is 4.83. The average Bonchev–Trinajstić information content (AvgIpc) is 2.38. The monoisotopic (exact) mass is 280 g/mol. The third-order valence-electron chi connectivity index (χ3n) is 2.47. The molecule has 2 nitrogen and oxygen atoms in total. The summed E-state index contributed by atoms with van der Waals surface area (Å²) in [6, 6.07) is 10.9. The highest BCUT2D eigenvalue weighted by Crippen LogP contribution is 2.29. The van der Waals surface area contributed by atoms with Crippen LogP contribution in [0.4, 0.5) is 8.78 Å². The lowest BCUT2D eigenvalue weighted by atomic mass is 10.2. The highest BCUT2D eigenvalue weighted by Gasteiger charge is 2.15. The van der Waals surface area contributed by atoms with E-state index < -0.39 is 17.6 Å². The number of benzene rings is 2. The van der Waals surface area contributed by atoms with Crippen LogP contribution >= 0.6 is 11.8 Å². The fourth-order valence-corrected chi connectivity index (χ4v) is 2.45. The molecule has 0 aromatic heterocycles. The van der Waals surface area contributed by atoms with E-state index in [1.807, 2.05) is 30.3 Å². The Kier molecular flexibility index (Phi) is 4.16. The number of aromatic carboxylic acids is 1. The van der Waals surface area contributed by atoms with Crippen molar-refractivity contribution in [3.8, 4) is 0 Å². The van der Waals surface area contributed by atoms with Crippen molar-refractivity contribution in [2.24, 2.45) is 0 Å². The normalized spacial score (nSPS) is 10.4. The van der Waals surface area contributed by atoms with Crippen molar-refractivity contribution in [3.05, 3.63) is 65.2 Å². The summed E-state index contributed by atoms with van der Waals surface area (Å²) < 4.78 is 27.3. The van der Waals surface area contributed by atoms with Gasteiger partial charge in [-0.3, -0.25) is 0 Å². The van der Waals surface area contributed by atoms with Gasteiger partial charge in [0.25, 0.3) is 0 Å². The molecule has 0 amide bonds. The van der Waals surface area contributed by atoms with E-state index in [9.17, 15) is 13.6 Å². The Morgan fingerprint density at radius 1 is 1.11 bits per heavy atom. The summed E-state index contributed by atoms with van der Waals surface area (Å²) in [5, 5.41) is 8.69. The van der Waals surface area contributed by atoms with E-state index in [0.717, 1.165) is 29.5 Å². The minimum absolute atomic E-state index is 0.158. The summed E-state index contributed by atoms with van der Waals surface area (Å²) >= 11 is 1.00. The van der Waals surface area contributed by atoms with Gasteiger partial charge >= 0.3 is 5.97 Å². The summed E-state index contributed by atoms with van der Waals surface area (Å²) in [5.41, 5.74) is 0.549. The van der Waals surface area contributed by atoms with Crippen molar-refractivity contribution in [2.75, 3.05) is 0 Å². The largest absolute Gasteiger partial charge is 0.478 e. The molecule has 0 atom stereocenters. The second kappa shape index (κ2) is 5.84. The summed E-state index contributed by atoms with van der Waals surface area (Å²) in [5.74, 6) is -2.63. The molecule has 1 N–H and O–H groups in total. The van der Waals surface area contributed by atoms with E-state index in [2.05, 4.69) is 0 Å². The van der Waals surface area contributed by atoms with E-state index in [1.165, 1.54) is 0 Å². The van der Waals surface area contributed by atoms with Gasteiger partial charge in [0.15, 0.2) is 0 Å². The van der Waals surface area contributed by atoms with Gasteiger partial charge in [-0.05, 0) is 17.7 Å². The van der Waals surface area contributed by atoms with Crippen LogP contribution in [0.5, 0.6) is 0 Å². The Hall–Kier alpha value is -1.88. The van der Waals surface area contributed by atoms with Crippen LogP contribution in [-0.2, 0) is 5.75 Å². The van der Waals surface area contributed by atoms with Crippen molar-refractivity contribution in [1.82, 2.24) is 0 Å². The van der Waals surface area contributed by atoms with E-state index >= 15 is 0 Å². The molecule has 0 heterocycles. The lowest BCUT2D eigenvalue weighted by Crippen LogP contribution is -2.00. The summed E-state index contributed by atoms with van der Waals surface area (Å²) in [7, 11) is 0. The molecular formula is C14H10F2O2S. The molecule has 2 rings (SSSR count). The number of carboxylic acid groups (broad SMARTS) is 1. The van der Waals surface area contributed by atoms with Crippen molar-refractivity contribution in [2.45, 2.75) is 10.6 Å². The maximum atomic E-state index is 13.6. The molecule has 0 saturated heterocycles. The number of hydrogen-bond acceptors (Lipinski definition) is 2. The van der Waals surface area contributed by atoms with E-state index in [4.69, 9.17) is 5.11 Å². The first-order chi connectivity index (χ1) is 9.08. The Bertz CT molecular complexity index is 577. The molecule has 0 aliphatic carbocycles. The minimum Gasteiger partial charge on any atom is -0.478 e. The molecule has 0 unspecified atom stereocenters. The molecule has 0 radical (unpaired) electrons. The predicted octanol–water partition coefficient (Wildman–Crippen LogP) is 3.96. The highest BCUT2D eigenvalue weighted by atomic mass is 32.2. The van der Waals surface area contributed by atoms with Crippen molar-refractivity contribution >= 4 is 17.7 Å². The molecule has 2 aromatic carbocycles. The molecule has 0 bridgehead atoms. The summed E-state index contributed by atoms with van der Waals surface area (Å²) in [6.07, 6.45) is 0. The van der Waals surface area contributed by atoms with E-state index in [-0.39, 0.29) is 10.5 Å². The van der Waals surface area contributed by atoms with Crippen LogP contribution in [0.2, 0.25) is 0 Å². The maximum absolute atomic E-state index is 13.6. The van der Waals surface area contributed by atoms with Gasteiger partial charge in [-0.15, -0.1) is 11.8 Å². The van der Waals surface area contributed by atoms with Crippen molar-refractivity contribution in [1.29, 1.82) is 0 Å². The predicted molar refractivity (Wildman–Crippen MR) is 69.3 cm³/mol. The van der Waals surface area contributed by atoms with Crippen LogP contribution in [0, 0.1) is 11.6 Å². The van der Waals surface area contributed by atoms with Gasteiger partial charge in [0.1, 0.15) is 11.6 Å². The van der Waals surface area contributed by atoms with Gasteiger partial charge in [0, 0.05) is 5.75 Å². The molecule has 0 saturated carbocycles. The van der Waals surface area contributed by atoms with Gasteiger partial charge in [-0.1, -0.05) is 30.3 Å². The molecule has 0 spiro atoms. The van der Waals surface area contributed by atoms with Gasteiger partial charge in [0.05, 0.1) is 10.5 Å². The number of hydrogen-bond donors (Lipinski definition) is 1. The number of carboxylic acids is 1. The number of carbonyl (C=O) groups is 1. The molecule has 0 aliphatic rings. The third-order valence-corrected chi connectivity index (χ3v) is 3.63. The maximum Gasteiger partial charge on any atom is 0.335 e. The van der Waals surface area contributed by atoms with E-state index in [1.54, 1.807) is 0 Å². The lowest BCUT2D eigenvalue weighted by molar-refractivity contribution is 0.0695. The lowest BCUT2D eigenvalue weighted by Gasteiger charge is -2.06. The van der Waals surface area contributed by atoms with Gasteiger partial charge in [0.2, 0.25) is 0 Å². The van der Waals surface area contributed by atoms with E-state index in [0.29, 0.717) is 5.75 Å². The highest BCUT2D eigenvalue weighted by molar-refractivity contribution is 7.98. The molecule has 19 heavy (non-hydrogen) atoms. The zero-order chi connectivity index (χ0) is 13.8. The van der Waals surface area contributed by atoms with Gasteiger partial charge in [-0.25, -0.2) is 13.6 Å². The zero-order valence-electron chi connectivity index (χ0n) is 9.77. The second-order valence-electron chi connectivity index (χ2n) is 3.85. The van der Waals surface area contributed by atoms with Crippen LogP contribution in [-0.4, -0.2) is 11.1 Å². The first-order valence-corrected chi connectivity index (χ1v) is 6.45. The summed E-state index contributed by atoms with van der Waals surface area (Å²) in [4.78, 5) is 10.5. The molecule has 98 valence electrons. The average molecular weight is 280 g/mol. The molecule has 0 aliphatic heterocycles. The topological polar surface area (TPSA) is 37.3 Å². The number of halogens is 2. The van der Waals surface area contributed by atoms with Crippen molar-refractivity contribution < 1.29 is 18.7 Å². The van der Waals surface area contributed by atoms with Crippen LogP contribution in [0.1, 0.15) is 15.9 Å². The van der Waals surface area contributed by atoms with Crippen molar-refractivity contribution in [3.63, 3.8) is 0 Å². The third kappa shape index (κ3) is 3.32. The van der Waals surface area contributed by atoms with Crippen LogP contribution < -0.4 is 0 Å². The Morgan fingerprint density at radius 2 is 1.68 bits per heavy atom.